The highest BCUT2D eigenvalue weighted by Gasteiger charge is 2.19. The van der Waals surface area contributed by atoms with Crippen LogP contribution in [-0.2, 0) is 0 Å². The number of aryl methyl sites for hydroxylation is 2. The summed E-state index contributed by atoms with van der Waals surface area (Å²) in [5.41, 5.74) is 4.12. The Bertz CT molecular complexity index is 1580. The Hall–Kier alpha value is -4.84. The Kier molecular flexibility index (Phi) is 9.25. The number of pyridine rings is 1. The summed E-state index contributed by atoms with van der Waals surface area (Å²) in [7, 11) is 1.59. The minimum atomic E-state index is -0.142. The van der Waals surface area contributed by atoms with Gasteiger partial charge in [0.05, 0.1) is 30.9 Å². The van der Waals surface area contributed by atoms with Gasteiger partial charge in [0.15, 0.2) is 0 Å². The van der Waals surface area contributed by atoms with Crippen LogP contribution in [0.1, 0.15) is 44.5 Å². The lowest BCUT2D eigenvalue weighted by Gasteiger charge is -2.30. The predicted molar refractivity (Wildman–Crippen MR) is 162 cm³/mol. The lowest BCUT2D eigenvalue weighted by atomic mass is 10.1. The molecule has 0 aliphatic carbocycles. The quantitative estimate of drug-likeness (QED) is 0.245. The van der Waals surface area contributed by atoms with Gasteiger partial charge in [0.2, 0.25) is 0 Å². The first-order valence-electron chi connectivity index (χ1n) is 13.5. The second kappa shape index (κ2) is 13.0. The van der Waals surface area contributed by atoms with Crippen LogP contribution >= 0.6 is 0 Å². The number of rotatable bonds is 8. The molecule has 41 heavy (non-hydrogen) atoms. The van der Waals surface area contributed by atoms with Crippen molar-refractivity contribution in [1.29, 1.82) is 0 Å². The highest BCUT2D eigenvalue weighted by atomic mass is 16.5. The smallest absolute Gasteiger partial charge is 0.318 e. The van der Waals surface area contributed by atoms with Crippen molar-refractivity contribution in [2.45, 2.75) is 53.6 Å². The van der Waals surface area contributed by atoms with E-state index < -0.39 is 0 Å². The number of amides is 2. The Morgan fingerprint density at radius 1 is 0.976 bits per heavy atom. The molecular weight excluding hydrogens is 516 g/mol. The number of nitrogens with zero attached hydrogens (tertiary/aromatic N) is 4. The average Bonchev–Trinajstić information content (AvgIpc) is 2.93. The van der Waals surface area contributed by atoms with Gasteiger partial charge in [0.1, 0.15) is 29.4 Å². The molecule has 0 aliphatic heterocycles. The van der Waals surface area contributed by atoms with Crippen molar-refractivity contribution in [2.75, 3.05) is 19.0 Å². The number of aromatic nitrogens is 3. The Labute approximate surface area is 241 Å². The van der Waals surface area contributed by atoms with Gasteiger partial charge in [-0.2, -0.15) is 0 Å². The molecule has 4 rings (SSSR count). The summed E-state index contributed by atoms with van der Waals surface area (Å²) in [6.07, 6.45) is 3.22. The second-order valence-corrected chi connectivity index (χ2v) is 10.2. The van der Waals surface area contributed by atoms with E-state index in [-0.39, 0.29) is 24.7 Å². The molecule has 0 saturated heterocycles. The summed E-state index contributed by atoms with van der Waals surface area (Å²) in [6, 6.07) is 13.4. The summed E-state index contributed by atoms with van der Waals surface area (Å²) in [5.74, 6) is 8.82. The fourth-order valence-corrected chi connectivity index (χ4v) is 4.49. The third-order valence-corrected chi connectivity index (χ3v) is 6.40. The molecule has 0 bridgehead atoms. The number of benzene rings is 2. The number of carbonyl (C=O) groups is 1. The molecule has 2 N–H and O–H groups in total. The van der Waals surface area contributed by atoms with Crippen LogP contribution in [0.15, 0.2) is 55.0 Å². The zero-order chi connectivity index (χ0) is 29.5. The van der Waals surface area contributed by atoms with Crippen LogP contribution in [0.4, 0.5) is 16.3 Å². The minimum Gasteiger partial charge on any atom is -0.495 e. The zero-order valence-corrected chi connectivity index (χ0v) is 24.6. The standard InChI is InChI=1S/C32H36N6O3/c1-20(2)38(21(3)4)32(39)33-14-8-9-24-16-27-28(17-30(24)40-7)35-19-36-31(27)37-25-11-13-29(22(5)15-25)41-26-12-10-23(6)34-18-26/h10-13,15-21H,14H2,1-7H3,(H,33,39)(H,35,36,37). The summed E-state index contributed by atoms with van der Waals surface area (Å²) in [5, 5.41) is 7.07. The summed E-state index contributed by atoms with van der Waals surface area (Å²) >= 11 is 0. The van der Waals surface area contributed by atoms with Gasteiger partial charge < -0.3 is 25.0 Å². The van der Waals surface area contributed by atoms with E-state index in [0.717, 1.165) is 28.1 Å². The topological polar surface area (TPSA) is 102 Å². The van der Waals surface area contributed by atoms with Gasteiger partial charge in [0, 0.05) is 34.9 Å². The molecule has 212 valence electrons. The molecule has 0 fully saturated rings. The van der Waals surface area contributed by atoms with Crippen LogP contribution in [0.2, 0.25) is 0 Å². The Balaban J connectivity index is 1.54. The third kappa shape index (κ3) is 7.22. The maximum absolute atomic E-state index is 12.6. The predicted octanol–water partition coefficient (Wildman–Crippen LogP) is 6.37. The van der Waals surface area contributed by atoms with Gasteiger partial charge in [-0.05, 0) is 83.5 Å². The lowest BCUT2D eigenvalue weighted by Crippen LogP contribution is -2.47. The highest BCUT2D eigenvalue weighted by Crippen LogP contribution is 2.31. The molecule has 0 radical (unpaired) electrons. The molecule has 0 spiro atoms. The molecule has 0 atom stereocenters. The second-order valence-electron chi connectivity index (χ2n) is 10.2. The lowest BCUT2D eigenvalue weighted by molar-refractivity contribution is 0.166. The SMILES string of the molecule is COc1cc2ncnc(Nc3ccc(Oc4ccc(C)nc4)c(C)c3)c2cc1C#CCNC(=O)N(C(C)C)C(C)C. The maximum atomic E-state index is 12.6. The van der Waals surface area contributed by atoms with Crippen molar-refractivity contribution in [3.05, 3.63) is 71.8 Å². The van der Waals surface area contributed by atoms with Crippen molar-refractivity contribution in [1.82, 2.24) is 25.2 Å². The van der Waals surface area contributed by atoms with E-state index >= 15 is 0 Å². The molecule has 9 heteroatoms. The van der Waals surface area contributed by atoms with Crippen molar-refractivity contribution in [3.63, 3.8) is 0 Å². The molecule has 4 aromatic rings. The number of hydrogen-bond acceptors (Lipinski definition) is 7. The van der Waals surface area contributed by atoms with E-state index in [1.165, 1.54) is 6.33 Å². The number of hydrogen-bond donors (Lipinski definition) is 2. The summed E-state index contributed by atoms with van der Waals surface area (Å²) < 4.78 is 11.6. The summed E-state index contributed by atoms with van der Waals surface area (Å²) in [6.45, 7) is 12.1. The van der Waals surface area contributed by atoms with Crippen LogP contribution in [0.25, 0.3) is 10.9 Å². The van der Waals surface area contributed by atoms with Crippen molar-refractivity contribution < 1.29 is 14.3 Å². The Morgan fingerprint density at radius 3 is 2.41 bits per heavy atom. The molecule has 9 nitrogen and oxygen atoms in total. The fraction of sp³-hybridized carbons (Fsp3) is 0.312. The van der Waals surface area contributed by atoms with E-state index in [2.05, 4.69) is 37.4 Å². The number of methoxy groups -OCH3 is 1. The van der Waals surface area contributed by atoms with Gasteiger partial charge >= 0.3 is 6.03 Å². The van der Waals surface area contributed by atoms with Crippen LogP contribution in [-0.4, -0.2) is 51.6 Å². The third-order valence-electron chi connectivity index (χ3n) is 6.40. The van der Waals surface area contributed by atoms with Crippen molar-refractivity contribution in [2.24, 2.45) is 0 Å². The average molecular weight is 553 g/mol. The van der Waals surface area contributed by atoms with E-state index in [1.807, 2.05) is 84.0 Å². The fourth-order valence-electron chi connectivity index (χ4n) is 4.49. The molecule has 0 saturated carbocycles. The number of nitrogens with one attached hydrogen (secondary N) is 2. The van der Waals surface area contributed by atoms with Gasteiger partial charge in [0.25, 0.3) is 0 Å². The molecule has 0 unspecified atom stereocenters. The van der Waals surface area contributed by atoms with E-state index in [1.54, 1.807) is 18.2 Å². The van der Waals surface area contributed by atoms with E-state index in [0.29, 0.717) is 28.4 Å². The van der Waals surface area contributed by atoms with Crippen molar-refractivity contribution in [3.8, 4) is 29.1 Å². The van der Waals surface area contributed by atoms with E-state index in [9.17, 15) is 4.79 Å². The van der Waals surface area contributed by atoms with Gasteiger partial charge in [-0.1, -0.05) is 11.8 Å². The Morgan fingerprint density at radius 2 is 1.76 bits per heavy atom. The normalized spacial score (nSPS) is 10.8. The largest absolute Gasteiger partial charge is 0.495 e. The molecule has 2 aromatic carbocycles. The molecule has 2 amide bonds. The van der Waals surface area contributed by atoms with E-state index in [4.69, 9.17) is 9.47 Å². The molecule has 2 aromatic heterocycles. The van der Waals surface area contributed by atoms with Crippen molar-refractivity contribution >= 4 is 28.4 Å². The molecule has 0 aliphatic rings. The minimum absolute atomic E-state index is 0.0902. The van der Waals surface area contributed by atoms with Gasteiger partial charge in [-0.25, -0.2) is 14.8 Å². The zero-order valence-electron chi connectivity index (χ0n) is 24.6. The number of carbonyl (C=O) groups excluding carboxylic acids is 1. The number of urea groups is 1. The number of anilines is 2. The molecule has 2 heterocycles. The summed E-state index contributed by atoms with van der Waals surface area (Å²) in [4.78, 5) is 27.6. The van der Waals surface area contributed by atoms with Crippen LogP contribution < -0.4 is 20.1 Å². The number of ether oxygens (including phenoxy) is 2. The van der Waals surface area contributed by atoms with Gasteiger partial charge in [-0.15, -0.1) is 0 Å². The number of fused-ring (bicyclic) bond motifs is 1. The maximum Gasteiger partial charge on any atom is 0.318 e. The van der Waals surface area contributed by atoms with Crippen LogP contribution in [0.3, 0.4) is 0 Å². The highest BCUT2D eigenvalue weighted by molar-refractivity contribution is 5.93. The monoisotopic (exact) mass is 552 g/mol. The first-order valence-corrected chi connectivity index (χ1v) is 13.5. The first-order chi connectivity index (χ1) is 19.7. The van der Waals surface area contributed by atoms with Crippen LogP contribution in [0, 0.1) is 25.7 Å². The molecular formula is C32H36N6O3. The first kappa shape index (κ1) is 29.2. The van der Waals surface area contributed by atoms with Gasteiger partial charge in [-0.3, -0.25) is 4.98 Å². The van der Waals surface area contributed by atoms with Crippen LogP contribution in [0.5, 0.6) is 17.2 Å².